The second kappa shape index (κ2) is 9.43. The SMILES string of the molecule is CC(=O)Oc1cc2c(cc1Cl)C1(OC(=O)c3ccccc31)c1cc(Cl)c(N(C)c3ccc(C(F)(F)F)cc3)cc1O2. The lowest BCUT2D eigenvalue weighted by atomic mass is 9.77. The third-order valence-electron chi connectivity index (χ3n) is 7.03. The van der Waals surface area contributed by atoms with Crippen LogP contribution < -0.4 is 14.4 Å². The highest BCUT2D eigenvalue weighted by Crippen LogP contribution is 2.59. The minimum atomic E-state index is -4.47. The van der Waals surface area contributed by atoms with E-state index < -0.39 is 29.3 Å². The predicted molar refractivity (Wildman–Crippen MR) is 146 cm³/mol. The number of rotatable bonds is 3. The summed E-state index contributed by atoms with van der Waals surface area (Å²) in [6, 6.07) is 17.7. The lowest BCUT2D eigenvalue weighted by Crippen LogP contribution is -2.33. The number of alkyl halides is 3. The van der Waals surface area contributed by atoms with Crippen LogP contribution in [0.1, 0.15) is 39.5 Å². The van der Waals surface area contributed by atoms with Gasteiger partial charge in [-0.2, -0.15) is 13.2 Å². The third-order valence-corrected chi connectivity index (χ3v) is 7.63. The van der Waals surface area contributed by atoms with Crippen LogP contribution >= 0.6 is 23.2 Å². The second-order valence-electron chi connectivity index (χ2n) is 9.49. The number of benzene rings is 4. The molecule has 0 aliphatic carbocycles. The lowest BCUT2D eigenvalue weighted by Gasteiger charge is -2.37. The van der Waals surface area contributed by atoms with E-state index in [9.17, 15) is 22.8 Å². The van der Waals surface area contributed by atoms with Crippen molar-refractivity contribution in [3.63, 3.8) is 0 Å². The summed E-state index contributed by atoms with van der Waals surface area (Å²) >= 11 is 13.3. The standard InChI is InChI=1S/C30H18Cl2F3NO5/c1-15(37)39-27-14-26-21(12-23(27)32)29(19-6-4-3-5-18(19)28(38)41-29)20-11-22(31)24(13-25(20)40-26)36(2)17-9-7-16(8-10-17)30(33,34)35/h3-14H,1-2H3. The molecule has 0 saturated carbocycles. The van der Waals surface area contributed by atoms with E-state index in [1.165, 1.54) is 31.2 Å². The van der Waals surface area contributed by atoms with Crippen LogP contribution in [0.2, 0.25) is 10.0 Å². The number of hydrogen-bond acceptors (Lipinski definition) is 6. The summed E-state index contributed by atoms with van der Waals surface area (Å²) in [7, 11) is 1.65. The first kappa shape index (κ1) is 27.0. The highest BCUT2D eigenvalue weighted by Gasteiger charge is 2.54. The van der Waals surface area contributed by atoms with Crippen molar-refractivity contribution in [3.05, 3.63) is 111 Å². The quantitative estimate of drug-likeness (QED) is 0.174. The Balaban J connectivity index is 1.54. The zero-order valence-corrected chi connectivity index (χ0v) is 22.8. The summed E-state index contributed by atoms with van der Waals surface area (Å²) in [5.41, 5.74) is 0.253. The van der Waals surface area contributed by atoms with Crippen molar-refractivity contribution in [2.45, 2.75) is 18.7 Å². The van der Waals surface area contributed by atoms with Crippen molar-refractivity contribution < 1.29 is 37.0 Å². The molecule has 0 bridgehead atoms. The number of esters is 2. The van der Waals surface area contributed by atoms with Crippen molar-refractivity contribution in [1.29, 1.82) is 0 Å². The molecule has 208 valence electrons. The van der Waals surface area contributed by atoms with Gasteiger partial charge in [0.15, 0.2) is 11.4 Å². The molecular weight excluding hydrogens is 582 g/mol. The van der Waals surface area contributed by atoms with E-state index in [1.807, 2.05) is 0 Å². The Labute approximate surface area is 241 Å². The zero-order valence-electron chi connectivity index (χ0n) is 21.3. The minimum Gasteiger partial charge on any atom is -0.456 e. The molecule has 0 amide bonds. The molecule has 0 N–H and O–H groups in total. The van der Waals surface area contributed by atoms with Crippen LogP contribution in [0.5, 0.6) is 17.2 Å². The molecule has 2 aliphatic rings. The van der Waals surface area contributed by atoms with E-state index in [0.717, 1.165) is 12.1 Å². The third kappa shape index (κ3) is 4.27. The molecule has 41 heavy (non-hydrogen) atoms. The van der Waals surface area contributed by atoms with Gasteiger partial charge in [-0.25, -0.2) is 4.79 Å². The van der Waals surface area contributed by atoms with Crippen LogP contribution in [-0.4, -0.2) is 19.0 Å². The summed E-state index contributed by atoms with van der Waals surface area (Å²) < 4.78 is 56.9. The topological polar surface area (TPSA) is 65.1 Å². The van der Waals surface area contributed by atoms with Gasteiger partial charge in [-0.05, 0) is 42.5 Å². The smallest absolute Gasteiger partial charge is 0.416 e. The van der Waals surface area contributed by atoms with Gasteiger partial charge >= 0.3 is 18.1 Å². The van der Waals surface area contributed by atoms with Gasteiger partial charge in [-0.1, -0.05) is 41.4 Å². The average molecular weight is 600 g/mol. The highest BCUT2D eigenvalue weighted by molar-refractivity contribution is 6.33. The Morgan fingerprint density at radius 3 is 2.20 bits per heavy atom. The molecule has 2 heterocycles. The normalized spacial score (nSPS) is 16.8. The maximum Gasteiger partial charge on any atom is 0.416 e. The number of carbonyl (C=O) groups is 2. The van der Waals surface area contributed by atoms with Gasteiger partial charge in [0.2, 0.25) is 0 Å². The summed E-state index contributed by atoms with van der Waals surface area (Å²) in [4.78, 5) is 26.4. The Morgan fingerprint density at radius 1 is 0.902 bits per heavy atom. The van der Waals surface area contributed by atoms with Gasteiger partial charge in [-0.15, -0.1) is 0 Å². The van der Waals surface area contributed by atoms with Crippen LogP contribution in [0, 0.1) is 0 Å². The number of fused-ring (bicyclic) bond motifs is 6. The van der Waals surface area contributed by atoms with Crippen LogP contribution in [0.25, 0.3) is 0 Å². The molecule has 0 fully saturated rings. The fourth-order valence-electron chi connectivity index (χ4n) is 5.18. The fourth-order valence-corrected chi connectivity index (χ4v) is 5.67. The Hall–Kier alpha value is -4.21. The van der Waals surface area contributed by atoms with E-state index in [1.54, 1.807) is 48.3 Å². The van der Waals surface area contributed by atoms with Gasteiger partial charge in [0.05, 0.1) is 26.9 Å². The van der Waals surface area contributed by atoms with Crippen LogP contribution in [0.4, 0.5) is 24.5 Å². The highest BCUT2D eigenvalue weighted by atomic mass is 35.5. The lowest BCUT2D eigenvalue weighted by molar-refractivity contribution is -0.137. The molecule has 1 spiro atoms. The largest absolute Gasteiger partial charge is 0.456 e. The van der Waals surface area contributed by atoms with Gasteiger partial charge in [0, 0.05) is 48.5 Å². The molecule has 1 unspecified atom stereocenters. The van der Waals surface area contributed by atoms with Gasteiger partial charge in [0.1, 0.15) is 11.5 Å². The summed E-state index contributed by atoms with van der Waals surface area (Å²) in [5, 5.41) is 0.316. The Kier molecular flexibility index (Phi) is 6.20. The first-order chi connectivity index (χ1) is 19.4. The first-order valence-corrected chi connectivity index (χ1v) is 12.9. The number of ether oxygens (including phenoxy) is 3. The number of halogens is 5. The molecule has 0 radical (unpaired) electrons. The Bertz CT molecular complexity index is 1760. The van der Waals surface area contributed by atoms with E-state index in [4.69, 9.17) is 37.4 Å². The van der Waals surface area contributed by atoms with Crippen molar-refractivity contribution in [2.24, 2.45) is 0 Å². The Morgan fingerprint density at radius 2 is 1.54 bits per heavy atom. The number of anilines is 2. The average Bonchev–Trinajstić information content (AvgIpc) is 3.22. The molecule has 4 aromatic carbocycles. The van der Waals surface area contributed by atoms with E-state index >= 15 is 0 Å². The molecule has 0 saturated heterocycles. The van der Waals surface area contributed by atoms with Crippen LogP contribution in [0.3, 0.4) is 0 Å². The molecule has 2 aliphatic heterocycles. The first-order valence-electron chi connectivity index (χ1n) is 12.2. The predicted octanol–water partition coefficient (Wildman–Crippen LogP) is 8.27. The van der Waals surface area contributed by atoms with Crippen LogP contribution in [-0.2, 0) is 21.3 Å². The summed E-state index contributed by atoms with van der Waals surface area (Å²) in [6.07, 6.45) is -4.47. The van der Waals surface area contributed by atoms with Crippen molar-refractivity contribution in [3.8, 4) is 17.2 Å². The maximum atomic E-state index is 13.1. The molecule has 1 atom stereocenters. The monoisotopic (exact) mass is 599 g/mol. The maximum absolute atomic E-state index is 13.1. The summed E-state index contributed by atoms with van der Waals surface area (Å²) in [6.45, 7) is 1.23. The van der Waals surface area contributed by atoms with Crippen molar-refractivity contribution in [2.75, 3.05) is 11.9 Å². The summed E-state index contributed by atoms with van der Waals surface area (Å²) in [5.74, 6) is -0.640. The van der Waals surface area contributed by atoms with Crippen molar-refractivity contribution in [1.82, 2.24) is 0 Å². The van der Waals surface area contributed by atoms with Gasteiger partial charge in [-0.3, -0.25) is 4.79 Å². The van der Waals surface area contributed by atoms with E-state index in [0.29, 0.717) is 33.6 Å². The van der Waals surface area contributed by atoms with Gasteiger partial charge in [0.25, 0.3) is 0 Å². The molecular formula is C30H18Cl2F3NO5. The van der Waals surface area contributed by atoms with E-state index in [-0.39, 0.29) is 27.3 Å². The number of nitrogens with zero attached hydrogens (tertiary/aromatic N) is 1. The molecule has 11 heteroatoms. The fraction of sp³-hybridized carbons (Fsp3) is 0.133. The second-order valence-corrected chi connectivity index (χ2v) is 10.3. The van der Waals surface area contributed by atoms with E-state index in [2.05, 4.69) is 0 Å². The number of hydrogen-bond donors (Lipinski definition) is 0. The molecule has 4 aromatic rings. The molecule has 0 aromatic heterocycles. The molecule has 6 rings (SSSR count). The minimum absolute atomic E-state index is 0.0465. The van der Waals surface area contributed by atoms with Gasteiger partial charge < -0.3 is 19.1 Å². The van der Waals surface area contributed by atoms with Crippen LogP contribution in [0.15, 0.2) is 72.8 Å². The zero-order chi connectivity index (χ0) is 29.3. The number of carbonyl (C=O) groups excluding carboxylic acids is 2. The van der Waals surface area contributed by atoms with Crippen molar-refractivity contribution >= 4 is 46.5 Å². The molecule has 6 nitrogen and oxygen atoms in total.